The van der Waals surface area contributed by atoms with Crippen molar-refractivity contribution in [2.45, 2.75) is 0 Å². The van der Waals surface area contributed by atoms with Crippen LogP contribution < -0.4 is 20.5 Å². The van der Waals surface area contributed by atoms with Gasteiger partial charge in [-0.15, -0.1) is 0 Å². The van der Waals surface area contributed by atoms with Crippen LogP contribution in [0.5, 0.6) is 11.8 Å². The zero-order valence-corrected chi connectivity index (χ0v) is 11.1. The number of ether oxygens (including phenoxy) is 2. The quantitative estimate of drug-likeness (QED) is 0.883. The van der Waals surface area contributed by atoms with Gasteiger partial charge >= 0.3 is 6.01 Å². The van der Waals surface area contributed by atoms with Crippen LogP contribution >= 0.6 is 11.6 Å². The number of hydrogen-bond acceptors (Lipinski definition) is 7. The van der Waals surface area contributed by atoms with E-state index in [1.54, 1.807) is 25.3 Å². The minimum absolute atomic E-state index is 0.0512. The number of halogens is 1. The average Bonchev–Trinajstić information content (AvgIpc) is 2.38. The molecule has 100 valence electrons. The molecule has 0 atom stereocenters. The van der Waals surface area contributed by atoms with Crippen molar-refractivity contribution >= 4 is 29.2 Å². The zero-order valence-electron chi connectivity index (χ0n) is 10.3. The lowest BCUT2D eigenvalue weighted by Crippen LogP contribution is -2.05. The predicted octanol–water partition coefficient (Wildman–Crippen LogP) is 1.87. The minimum atomic E-state index is 0.0512. The molecule has 0 aliphatic carbocycles. The largest absolute Gasteiger partial charge is 0.495 e. The summed E-state index contributed by atoms with van der Waals surface area (Å²) in [7, 11) is 3.00. The first kappa shape index (κ1) is 13.2. The van der Waals surface area contributed by atoms with E-state index in [2.05, 4.69) is 20.3 Å². The Morgan fingerprint density at radius 3 is 2.63 bits per heavy atom. The molecule has 7 nitrogen and oxygen atoms in total. The Balaban J connectivity index is 2.35. The smallest absolute Gasteiger partial charge is 0.322 e. The van der Waals surface area contributed by atoms with Crippen molar-refractivity contribution in [2.24, 2.45) is 0 Å². The summed E-state index contributed by atoms with van der Waals surface area (Å²) >= 11 is 5.93. The maximum atomic E-state index is 5.93. The first-order chi connectivity index (χ1) is 9.12. The van der Waals surface area contributed by atoms with Gasteiger partial charge in [-0.1, -0.05) is 11.6 Å². The molecule has 1 heterocycles. The third kappa shape index (κ3) is 3.14. The van der Waals surface area contributed by atoms with E-state index < -0.39 is 0 Å². The number of nitrogens with one attached hydrogen (secondary N) is 1. The average molecular weight is 282 g/mol. The van der Waals surface area contributed by atoms with Crippen molar-refractivity contribution in [1.82, 2.24) is 15.0 Å². The summed E-state index contributed by atoms with van der Waals surface area (Å²) in [5, 5.41) is 3.50. The Labute approximate surface area is 114 Å². The van der Waals surface area contributed by atoms with Gasteiger partial charge < -0.3 is 20.5 Å². The minimum Gasteiger partial charge on any atom is -0.495 e. The molecule has 8 heteroatoms. The van der Waals surface area contributed by atoms with E-state index >= 15 is 0 Å². The van der Waals surface area contributed by atoms with Gasteiger partial charge in [0.05, 0.1) is 19.9 Å². The van der Waals surface area contributed by atoms with Crippen molar-refractivity contribution < 1.29 is 9.47 Å². The fourth-order valence-electron chi connectivity index (χ4n) is 1.42. The molecule has 1 aromatic carbocycles. The lowest BCUT2D eigenvalue weighted by atomic mass is 10.3. The third-order valence-electron chi connectivity index (χ3n) is 2.22. The Bertz CT molecular complexity index is 593. The number of aromatic nitrogens is 3. The van der Waals surface area contributed by atoms with Crippen LogP contribution in [0.2, 0.25) is 5.02 Å². The molecule has 0 unspecified atom stereocenters. The van der Waals surface area contributed by atoms with Crippen LogP contribution in [0.3, 0.4) is 0 Å². The lowest BCUT2D eigenvalue weighted by Gasteiger charge is -2.10. The number of anilines is 3. The number of nitrogens with zero attached hydrogens (tertiary/aromatic N) is 3. The topological polar surface area (TPSA) is 95.2 Å². The standard InChI is InChI=1S/C11H12ClN5O2/c1-18-8-4-3-6(12)5-7(8)14-10-15-9(13)16-11(17-10)19-2/h3-5H,1-2H3,(H3,13,14,15,16,17). The van der Waals surface area contributed by atoms with Crippen LogP contribution in [0.4, 0.5) is 17.6 Å². The highest BCUT2D eigenvalue weighted by atomic mass is 35.5. The monoisotopic (exact) mass is 281 g/mol. The Morgan fingerprint density at radius 2 is 1.95 bits per heavy atom. The molecule has 0 saturated carbocycles. The molecule has 19 heavy (non-hydrogen) atoms. The summed E-state index contributed by atoms with van der Waals surface area (Å²) in [4.78, 5) is 11.8. The SMILES string of the molecule is COc1nc(N)nc(Nc2cc(Cl)ccc2OC)n1. The highest BCUT2D eigenvalue weighted by molar-refractivity contribution is 6.30. The van der Waals surface area contributed by atoms with Gasteiger partial charge in [-0.3, -0.25) is 0 Å². The summed E-state index contributed by atoms with van der Waals surface area (Å²) in [6, 6.07) is 5.25. The number of hydrogen-bond donors (Lipinski definition) is 2. The van der Waals surface area contributed by atoms with E-state index in [1.165, 1.54) is 7.11 Å². The van der Waals surface area contributed by atoms with E-state index in [0.29, 0.717) is 16.5 Å². The second-order valence-corrected chi connectivity index (χ2v) is 3.91. The molecule has 3 N–H and O–H groups in total. The second kappa shape index (κ2) is 5.57. The van der Waals surface area contributed by atoms with Crippen molar-refractivity contribution in [2.75, 3.05) is 25.3 Å². The van der Waals surface area contributed by atoms with E-state index in [9.17, 15) is 0 Å². The van der Waals surface area contributed by atoms with Gasteiger partial charge in [-0.05, 0) is 18.2 Å². The fraction of sp³-hybridized carbons (Fsp3) is 0.182. The Kier molecular flexibility index (Phi) is 3.86. The number of nitrogens with two attached hydrogens (primary N) is 1. The molecule has 0 bridgehead atoms. The van der Waals surface area contributed by atoms with Crippen LogP contribution in [-0.4, -0.2) is 29.2 Å². The molecule has 0 amide bonds. The normalized spacial score (nSPS) is 10.1. The van der Waals surface area contributed by atoms with Gasteiger partial charge in [0.2, 0.25) is 11.9 Å². The van der Waals surface area contributed by atoms with E-state index in [0.717, 1.165) is 0 Å². The van der Waals surface area contributed by atoms with Gasteiger partial charge in [-0.2, -0.15) is 15.0 Å². The maximum absolute atomic E-state index is 5.93. The molecule has 0 spiro atoms. The molecule has 1 aromatic heterocycles. The van der Waals surface area contributed by atoms with Crippen molar-refractivity contribution in [3.63, 3.8) is 0 Å². The predicted molar refractivity (Wildman–Crippen MR) is 72.1 cm³/mol. The lowest BCUT2D eigenvalue weighted by molar-refractivity contribution is 0.380. The Morgan fingerprint density at radius 1 is 1.16 bits per heavy atom. The van der Waals surface area contributed by atoms with Crippen molar-refractivity contribution in [3.8, 4) is 11.8 Å². The number of nitrogen functional groups attached to an aromatic ring is 1. The molecule has 0 radical (unpaired) electrons. The third-order valence-corrected chi connectivity index (χ3v) is 2.46. The number of methoxy groups -OCH3 is 2. The van der Waals surface area contributed by atoms with Crippen LogP contribution in [0.25, 0.3) is 0 Å². The zero-order chi connectivity index (χ0) is 13.8. The molecule has 0 fully saturated rings. The fourth-order valence-corrected chi connectivity index (χ4v) is 1.59. The molecule has 2 rings (SSSR count). The summed E-state index contributed by atoms with van der Waals surface area (Å²) in [6.45, 7) is 0. The number of rotatable bonds is 4. The molecule has 0 saturated heterocycles. The van der Waals surface area contributed by atoms with Crippen LogP contribution in [-0.2, 0) is 0 Å². The van der Waals surface area contributed by atoms with Crippen molar-refractivity contribution in [1.29, 1.82) is 0 Å². The molecule has 0 aliphatic heterocycles. The summed E-state index contributed by atoms with van der Waals surface area (Å²) in [5.74, 6) is 0.891. The van der Waals surface area contributed by atoms with Gasteiger partial charge in [0.1, 0.15) is 5.75 Å². The summed E-state index contributed by atoms with van der Waals surface area (Å²) in [6.07, 6.45) is 0. The van der Waals surface area contributed by atoms with Gasteiger partial charge in [0.15, 0.2) is 0 Å². The summed E-state index contributed by atoms with van der Waals surface area (Å²) < 4.78 is 10.1. The second-order valence-electron chi connectivity index (χ2n) is 3.47. The van der Waals surface area contributed by atoms with Crippen molar-refractivity contribution in [3.05, 3.63) is 23.2 Å². The van der Waals surface area contributed by atoms with E-state index in [1.807, 2.05) is 0 Å². The molecule has 0 aliphatic rings. The van der Waals surface area contributed by atoms with E-state index in [-0.39, 0.29) is 17.9 Å². The van der Waals surface area contributed by atoms with Gasteiger partial charge in [0.25, 0.3) is 0 Å². The number of benzene rings is 1. The maximum Gasteiger partial charge on any atom is 0.322 e. The highest BCUT2D eigenvalue weighted by Gasteiger charge is 2.08. The highest BCUT2D eigenvalue weighted by Crippen LogP contribution is 2.29. The van der Waals surface area contributed by atoms with Gasteiger partial charge in [-0.25, -0.2) is 0 Å². The first-order valence-corrected chi connectivity index (χ1v) is 5.66. The van der Waals surface area contributed by atoms with Crippen LogP contribution in [0.15, 0.2) is 18.2 Å². The molecular weight excluding hydrogens is 270 g/mol. The molecule has 2 aromatic rings. The van der Waals surface area contributed by atoms with Crippen LogP contribution in [0, 0.1) is 0 Å². The first-order valence-electron chi connectivity index (χ1n) is 5.28. The van der Waals surface area contributed by atoms with E-state index in [4.69, 9.17) is 26.8 Å². The summed E-state index contributed by atoms with van der Waals surface area (Å²) in [5.41, 5.74) is 6.16. The molecular formula is C11H12ClN5O2. The Hall–Kier alpha value is -2.28. The van der Waals surface area contributed by atoms with Crippen LogP contribution in [0.1, 0.15) is 0 Å². The van der Waals surface area contributed by atoms with Gasteiger partial charge in [0, 0.05) is 5.02 Å².